The molecule has 1 aliphatic heterocycles. The maximum absolute atomic E-state index is 7.34. The smallest absolute Gasteiger partial charge is 0.130 e. The lowest BCUT2D eigenvalue weighted by atomic mass is 10.0. The van der Waals surface area contributed by atoms with Gasteiger partial charge in [-0.3, -0.25) is 9.67 Å². The number of nitrogens with two attached hydrogens (primary N) is 1. The minimum atomic E-state index is 0.215. The molecular formula is C20H23N7O. The largest absolute Gasteiger partial charge is 0.397 e. The van der Waals surface area contributed by atoms with Gasteiger partial charge in [-0.15, -0.1) is 0 Å². The zero-order chi connectivity index (χ0) is 19.7. The highest BCUT2D eigenvalue weighted by atomic mass is 16.5. The van der Waals surface area contributed by atoms with Gasteiger partial charge in [0.05, 0.1) is 30.6 Å². The van der Waals surface area contributed by atoms with Gasteiger partial charge in [-0.25, -0.2) is 4.98 Å². The number of pyridine rings is 2. The molecule has 0 aromatic carbocycles. The number of hydrogen-bond acceptors (Lipinski definition) is 7. The number of aromatic nitrogens is 4. The third-order valence-electron chi connectivity index (χ3n) is 5.01. The molecule has 0 radical (unpaired) electrons. The summed E-state index contributed by atoms with van der Waals surface area (Å²) in [7, 11) is 1.92. The van der Waals surface area contributed by atoms with E-state index in [-0.39, 0.29) is 6.04 Å². The molecule has 3 aromatic heterocycles. The standard InChI is InChI=1S/C20H23N7O/c1-13-12-28-10-9-27(13)18-11-15(17-5-8-24-26(17)2)14-4-7-23-20(19(14)25-18)16(22)3-6-21/h3-8,11,13,21H,9-10,12,22H2,1-2H3/b16-3-,21-6?/t13-/m1/s1. The normalized spacial score (nSPS) is 17.9. The zero-order valence-corrected chi connectivity index (χ0v) is 16.0. The molecule has 0 aliphatic carbocycles. The molecule has 0 saturated carbocycles. The van der Waals surface area contributed by atoms with Crippen molar-refractivity contribution in [2.24, 2.45) is 12.8 Å². The SMILES string of the molecule is C[C@@H]1COCCN1c1cc(-c2ccnn2C)c2ccnc(/C(N)=C/C=N)c2n1. The Morgan fingerprint density at radius 2 is 2.21 bits per heavy atom. The Morgan fingerprint density at radius 3 is 2.93 bits per heavy atom. The maximum atomic E-state index is 7.34. The number of anilines is 1. The van der Waals surface area contributed by atoms with Crippen LogP contribution in [0.4, 0.5) is 5.82 Å². The zero-order valence-electron chi connectivity index (χ0n) is 16.0. The number of fused-ring (bicyclic) bond motifs is 1. The number of allylic oxidation sites excluding steroid dienone is 1. The Kier molecular flexibility index (Phi) is 4.79. The lowest BCUT2D eigenvalue weighted by Crippen LogP contribution is -2.44. The second kappa shape index (κ2) is 7.40. The molecule has 8 nitrogen and oxygen atoms in total. The number of aryl methyl sites for hydroxylation is 1. The molecule has 4 heterocycles. The van der Waals surface area contributed by atoms with Gasteiger partial charge in [-0.1, -0.05) is 0 Å². The molecule has 1 fully saturated rings. The Labute approximate surface area is 163 Å². The molecule has 144 valence electrons. The van der Waals surface area contributed by atoms with Crippen LogP contribution in [0.3, 0.4) is 0 Å². The fraction of sp³-hybridized carbons (Fsp3) is 0.300. The van der Waals surface area contributed by atoms with Crippen molar-refractivity contribution in [2.45, 2.75) is 13.0 Å². The number of nitrogens with one attached hydrogen (secondary N) is 1. The molecule has 0 unspecified atom stereocenters. The van der Waals surface area contributed by atoms with Gasteiger partial charge in [0.15, 0.2) is 0 Å². The van der Waals surface area contributed by atoms with Crippen LogP contribution in [0.25, 0.3) is 27.9 Å². The summed E-state index contributed by atoms with van der Waals surface area (Å²) >= 11 is 0. The first-order valence-corrected chi connectivity index (χ1v) is 9.19. The van der Waals surface area contributed by atoms with Gasteiger partial charge in [0.25, 0.3) is 0 Å². The molecule has 28 heavy (non-hydrogen) atoms. The summed E-state index contributed by atoms with van der Waals surface area (Å²) in [5.41, 5.74) is 9.89. The summed E-state index contributed by atoms with van der Waals surface area (Å²) in [5.74, 6) is 0.858. The van der Waals surface area contributed by atoms with Crippen LogP contribution in [-0.2, 0) is 11.8 Å². The number of rotatable bonds is 4. The summed E-state index contributed by atoms with van der Waals surface area (Å²) in [6.45, 7) is 4.23. The second-order valence-corrected chi connectivity index (χ2v) is 6.83. The molecule has 1 aliphatic rings. The minimum Gasteiger partial charge on any atom is -0.397 e. The van der Waals surface area contributed by atoms with Crippen LogP contribution in [0.1, 0.15) is 12.6 Å². The van der Waals surface area contributed by atoms with Crippen molar-refractivity contribution in [3.05, 3.63) is 42.4 Å². The Balaban J connectivity index is 2.01. The van der Waals surface area contributed by atoms with Gasteiger partial charge >= 0.3 is 0 Å². The van der Waals surface area contributed by atoms with E-state index in [4.69, 9.17) is 20.9 Å². The van der Waals surface area contributed by atoms with E-state index in [0.717, 1.165) is 35.2 Å². The molecule has 3 aromatic rings. The molecule has 3 N–H and O–H groups in total. The highest BCUT2D eigenvalue weighted by Gasteiger charge is 2.23. The fourth-order valence-corrected chi connectivity index (χ4v) is 3.58. The van der Waals surface area contributed by atoms with Crippen molar-refractivity contribution in [1.82, 2.24) is 19.7 Å². The Bertz CT molecular complexity index is 1060. The highest BCUT2D eigenvalue weighted by Crippen LogP contribution is 2.33. The third kappa shape index (κ3) is 3.11. The lowest BCUT2D eigenvalue weighted by Gasteiger charge is -2.34. The topological polar surface area (TPSA) is 106 Å². The average Bonchev–Trinajstić information content (AvgIpc) is 3.13. The third-order valence-corrected chi connectivity index (χ3v) is 5.01. The van der Waals surface area contributed by atoms with Crippen LogP contribution in [0, 0.1) is 5.41 Å². The predicted molar refractivity (Wildman–Crippen MR) is 110 cm³/mol. The quantitative estimate of drug-likeness (QED) is 0.675. The fourth-order valence-electron chi connectivity index (χ4n) is 3.58. The molecule has 0 amide bonds. The van der Waals surface area contributed by atoms with E-state index in [1.807, 2.05) is 23.9 Å². The monoisotopic (exact) mass is 377 g/mol. The van der Waals surface area contributed by atoms with Crippen LogP contribution >= 0.6 is 0 Å². The average molecular weight is 377 g/mol. The summed E-state index contributed by atoms with van der Waals surface area (Å²) in [4.78, 5) is 11.6. The van der Waals surface area contributed by atoms with E-state index in [0.29, 0.717) is 30.1 Å². The van der Waals surface area contributed by atoms with Crippen molar-refractivity contribution < 1.29 is 4.74 Å². The van der Waals surface area contributed by atoms with Crippen molar-refractivity contribution in [1.29, 1.82) is 5.41 Å². The van der Waals surface area contributed by atoms with E-state index >= 15 is 0 Å². The summed E-state index contributed by atoms with van der Waals surface area (Å²) in [6.07, 6.45) is 6.19. The van der Waals surface area contributed by atoms with E-state index in [9.17, 15) is 0 Å². The van der Waals surface area contributed by atoms with E-state index in [1.165, 1.54) is 6.08 Å². The van der Waals surface area contributed by atoms with Gasteiger partial charge in [0.2, 0.25) is 0 Å². The molecular weight excluding hydrogens is 354 g/mol. The second-order valence-electron chi connectivity index (χ2n) is 6.83. The molecule has 4 rings (SSSR count). The number of hydrogen-bond donors (Lipinski definition) is 2. The first-order chi connectivity index (χ1) is 13.6. The van der Waals surface area contributed by atoms with E-state index in [1.54, 1.807) is 12.4 Å². The maximum Gasteiger partial charge on any atom is 0.130 e. The van der Waals surface area contributed by atoms with Gasteiger partial charge in [0, 0.05) is 43.2 Å². The van der Waals surface area contributed by atoms with Gasteiger partial charge in [0.1, 0.15) is 17.0 Å². The Hall–Kier alpha value is -3.26. The number of morpholine rings is 1. The van der Waals surface area contributed by atoms with Crippen LogP contribution in [-0.4, -0.2) is 51.8 Å². The molecule has 8 heteroatoms. The van der Waals surface area contributed by atoms with Gasteiger partial charge in [-0.05, 0) is 31.2 Å². The van der Waals surface area contributed by atoms with Gasteiger partial charge in [-0.2, -0.15) is 5.10 Å². The predicted octanol–water partition coefficient (Wildman–Crippen LogP) is 2.20. The molecule has 0 bridgehead atoms. The van der Waals surface area contributed by atoms with Crippen molar-refractivity contribution in [3.63, 3.8) is 0 Å². The first kappa shape index (κ1) is 18.1. The summed E-state index contributed by atoms with van der Waals surface area (Å²) in [6, 6.07) is 6.24. The van der Waals surface area contributed by atoms with Gasteiger partial charge < -0.3 is 20.8 Å². The molecule has 0 spiro atoms. The first-order valence-electron chi connectivity index (χ1n) is 9.19. The van der Waals surface area contributed by atoms with Crippen LogP contribution < -0.4 is 10.6 Å². The van der Waals surface area contributed by atoms with Crippen molar-refractivity contribution in [2.75, 3.05) is 24.7 Å². The van der Waals surface area contributed by atoms with Crippen LogP contribution in [0.5, 0.6) is 0 Å². The van der Waals surface area contributed by atoms with E-state index in [2.05, 4.69) is 28.0 Å². The lowest BCUT2D eigenvalue weighted by molar-refractivity contribution is 0.0986. The minimum absolute atomic E-state index is 0.215. The number of ether oxygens (including phenoxy) is 1. The molecule has 1 saturated heterocycles. The molecule has 1 atom stereocenters. The van der Waals surface area contributed by atoms with Crippen LogP contribution in [0.2, 0.25) is 0 Å². The summed E-state index contributed by atoms with van der Waals surface area (Å²) in [5, 5.41) is 12.6. The Morgan fingerprint density at radius 1 is 1.36 bits per heavy atom. The number of nitrogens with zero attached hydrogens (tertiary/aromatic N) is 5. The van der Waals surface area contributed by atoms with E-state index < -0.39 is 0 Å². The summed E-state index contributed by atoms with van der Waals surface area (Å²) < 4.78 is 7.43. The highest BCUT2D eigenvalue weighted by molar-refractivity contribution is 6.00. The van der Waals surface area contributed by atoms with Crippen molar-refractivity contribution in [3.8, 4) is 11.3 Å². The van der Waals surface area contributed by atoms with Crippen molar-refractivity contribution >= 4 is 28.6 Å². The van der Waals surface area contributed by atoms with Crippen LogP contribution in [0.15, 0.2) is 36.7 Å².